The second kappa shape index (κ2) is 4.26. The summed E-state index contributed by atoms with van der Waals surface area (Å²) in [7, 11) is 0. The zero-order chi connectivity index (χ0) is 11.5. The van der Waals surface area contributed by atoms with Crippen molar-refractivity contribution in [3.8, 4) is 0 Å². The van der Waals surface area contributed by atoms with Crippen LogP contribution in [-0.2, 0) is 6.54 Å². The number of nitrogens with zero attached hydrogens (tertiary/aromatic N) is 2. The first kappa shape index (κ1) is 10.5. The van der Waals surface area contributed by atoms with Crippen molar-refractivity contribution in [3.05, 3.63) is 23.7 Å². The fraction of sp³-hybridized carbons (Fsp3) is 0.400. The third kappa shape index (κ3) is 2.53. The molecule has 0 bridgehead atoms. The van der Waals surface area contributed by atoms with Crippen LogP contribution in [0.15, 0.2) is 26.7 Å². The molecule has 86 valence electrons. The number of furan rings is 1. The lowest BCUT2D eigenvalue weighted by Gasteiger charge is -2.20. The Morgan fingerprint density at radius 2 is 2.44 bits per heavy atom. The lowest BCUT2D eigenvalue weighted by atomic mass is 10.3. The summed E-state index contributed by atoms with van der Waals surface area (Å²) in [5.74, 6) is 1.90. The quantitative estimate of drug-likeness (QED) is 0.670. The van der Waals surface area contributed by atoms with Gasteiger partial charge in [0.15, 0.2) is 11.9 Å². The molecule has 0 saturated carbocycles. The van der Waals surface area contributed by atoms with Crippen LogP contribution < -0.4 is 16.4 Å². The molecule has 0 saturated heterocycles. The topological polar surface area (TPSA) is 87.9 Å². The van der Waals surface area contributed by atoms with Crippen molar-refractivity contribution in [1.82, 2.24) is 10.6 Å². The maximum atomic E-state index is 5.59. The minimum absolute atomic E-state index is 0.0499. The molecule has 2 heterocycles. The van der Waals surface area contributed by atoms with Gasteiger partial charge < -0.3 is 15.5 Å². The molecule has 1 aliphatic rings. The molecule has 1 aliphatic heterocycles. The predicted octanol–water partition coefficient (Wildman–Crippen LogP) is 0.298. The summed E-state index contributed by atoms with van der Waals surface area (Å²) in [5, 5.41) is 5.92. The van der Waals surface area contributed by atoms with E-state index >= 15 is 0 Å². The molecule has 1 aromatic rings. The van der Waals surface area contributed by atoms with Gasteiger partial charge in [-0.15, -0.1) is 0 Å². The summed E-state index contributed by atoms with van der Waals surface area (Å²) in [4.78, 5) is 8.41. The molecule has 1 atom stereocenters. The number of nitrogens with two attached hydrogens (primary N) is 1. The standard InChI is InChI=1S/C10H15N5O/c1-6-3-8(5-16-6)4-12-10-14-7(2)13-9(11)15-10/h3,5,7H,4H2,1-2H3,(H4,11,12,13,14,15). The number of aliphatic imine (C=N–C) groups is 2. The van der Waals surface area contributed by atoms with Crippen LogP contribution in [0.3, 0.4) is 0 Å². The lowest BCUT2D eigenvalue weighted by molar-refractivity contribution is 0.532. The highest BCUT2D eigenvalue weighted by Gasteiger charge is 2.11. The fourth-order valence-electron chi connectivity index (χ4n) is 1.46. The SMILES string of the molecule is Cc1cc(CN=C2NC(N)=NC(C)N2)co1. The highest BCUT2D eigenvalue weighted by Crippen LogP contribution is 2.07. The first-order chi connectivity index (χ1) is 7.63. The van der Waals surface area contributed by atoms with Crippen molar-refractivity contribution >= 4 is 11.9 Å². The Hall–Kier alpha value is -1.98. The van der Waals surface area contributed by atoms with E-state index in [2.05, 4.69) is 20.6 Å². The van der Waals surface area contributed by atoms with E-state index in [1.165, 1.54) is 0 Å². The van der Waals surface area contributed by atoms with Crippen LogP contribution >= 0.6 is 0 Å². The van der Waals surface area contributed by atoms with Gasteiger partial charge in [0.25, 0.3) is 0 Å². The average molecular weight is 221 g/mol. The van der Waals surface area contributed by atoms with E-state index in [-0.39, 0.29) is 6.17 Å². The minimum atomic E-state index is -0.0499. The van der Waals surface area contributed by atoms with Gasteiger partial charge in [0.05, 0.1) is 12.8 Å². The van der Waals surface area contributed by atoms with Crippen LogP contribution in [0, 0.1) is 6.92 Å². The van der Waals surface area contributed by atoms with Crippen molar-refractivity contribution in [2.24, 2.45) is 15.7 Å². The van der Waals surface area contributed by atoms with Crippen LogP contribution in [0.5, 0.6) is 0 Å². The zero-order valence-electron chi connectivity index (χ0n) is 9.32. The first-order valence-electron chi connectivity index (χ1n) is 5.09. The zero-order valence-corrected chi connectivity index (χ0v) is 9.32. The molecule has 0 aliphatic carbocycles. The van der Waals surface area contributed by atoms with Gasteiger partial charge in [0.2, 0.25) is 0 Å². The summed E-state index contributed by atoms with van der Waals surface area (Å²) >= 11 is 0. The maximum Gasteiger partial charge on any atom is 0.200 e. The molecule has 4 N–H and O–H groups in total. The minimum Gasteiger partial charge on any atom is -0.469 e. The van der Waals surface area contributed by atoms with E-state index in [1.54, 1.807) is 6.26 Å². The average Bonchev–Trinajstić information content (AvgIpc) is 2.60. The summed E-state index contributed by atoms with van der Waals surface area (Å²) in [5.41, 5.74) is 6.62. The van der Waals surface area contributed by atoms with E-state index in [9.17, 15) is 0 Å². The summed E-state index contributed by atoms with van der Waals surface area (Å²) in [6.45, 7) is 4.36. The van der Waals surface area contributed by atoms with Crippen LogP contribution in [-0.4, -0.2) is 18.1 Å². The van der Waals surface area contributed by atoms with E-state index in [4.69, 9.17) is 10.2 Å². The van der Waals surface area contributed by atoms with Crippen LogP contribution in [0.4, 0.5) is 0 Å². The molecule has 1 aromatic heterocycles. The monoisotopic (exact) mass is 221 g/mol. The van der Waals surface area contributed by atoms with Gasteiger partial charge in [0.1, 0.15) is 11.9 Å². The van der Waals surface area contributed by atoms with Gasteiger partial charge in [-0.2, -0.15) is 0 Å². The van der Waals surface area contributed by atoms with Crippen LogP contribution in [0.25, 0.3) is 0 Å². The molecule has 0 fully saturated rings. The number of rotatable bonds is 2. The third-order valence-corrected chi connectivity index (χ3v) is 2.13. The van der Waals surface area contributed by atoms with Gasteiger partial charge in [-0.05, 0) is 19.9 Å². The van der Waals surface area contributed by atoms with Crippen molar-refractivity contribution in [3.63, 3.8) is 0 Å². The smallest absolute Gasteiger partial charge is 0.200 e. The Morgan fingerprint density at radius 3 is 3.06 bits per heavy atom. The molecular weight excluding hydrogens is 206 g/mol. The Morgan fingerprint density at radius 1 is 1.62 bits per heavy atom. The van der Waals surface area contributed by atoms with E-state index in [1.807, 2.05) is 19.9 Å². The number of guanidine groups is 2. The highest BCUT2D eigenvalue weighted by atomic mass is 16.3. The van der Waals surface area contributed by atoms with Crippen molar-refractivity contribution < 1.29 is 4.42 Å². The molecule has 1 unspecified atom stereocenters. The second-order valence-corrected chi connectivity index (χ2v) is 3.69. The van der Waals surface area contributed by atoms with Gasteiger partial charge >= 0.3 is 0 Å². The first-order valence-corrected chi connectivity index (χ1v) is 5.09. The Bertz CT molecular complexity index is 434. The maximum absolute atomic E-state index is 5.59. The lowest BCUT2D eigenvalue weighted by Crippen LogP contribution is -2.52. The molecule has 6 heteroatoms. The van der Waals surface area contributed by atoms with Crippen molar-refractivity contribution in [2.45, 2.75) is 26.6 Å². The van der Waals surface area contributed by atoms with E-state index < -0.39 is 0 Å². The van der Waals surface area contributed by atoms with Crippen LogP contribution in [0.1, 0.15) is 18.2 Å². The summed E-state index contributed by atoms with van der Waals surface area (Å²) in [6.07, 6.45) is 1.65. The van der Waals surface area contributed by atoms with Crippen LogP contribution in [0.2, 0.25) is 0 Å². The number of hydrogen-bond acceptors (Lipinski definition) is 4. The number of aryl methyl sites for hydroxylation is 1. The fourth-order valence-corrected chi connectivity index (χ4v) is 1.46. The largest absolute Gasteiger partial charge is 0.469 e. The Labute approximate surface area is 93.6 Å². The number of hydrogen-bond donors (Lipinski definition) is 3. The summed E-state index contributed by atoms with van der Waals surface area (Å²) < 4.78 is 5.19. The van der Waals surface area contributed by atoms with Crippen molar-refractivity contribution in [1.29, 1.82) is 0 Å². The Kier molecular flexibility index (Phi) is 2.80. The molecule has 16 heavy (non-hydrogen) atoms. The van der Waals surface area contributed by atoms with Crippen molar-refractivity contribution in [2.75, 3.05) is 0 Å². The van der Waals surface area contributed by atoms with Gasteiger partial charge in [-0.1, -0.05) is 0 Å². The number of nitrogens with one attached hydrogen (secondary N) is 2. The summed E-state index contributed by atoms with van der Waals surface area (Å²) in [6, 6.07) is 1.95. The molecule has 2 rings (SSSR count). The molecule has 6 nitrogen and oxygen atoms in total. The molecule has 0 radical (unpaired) electrons. The van der Waals surface area contributed by atoms with Gasteiger partial charge in [-0.25, -0.2) is 9.98 Å². The molecule has 0 amide bonds. The Balaban J connectivity index is 2.00. The molecule has 0 aromatic carbocycles. The second-order valence-electron chi connectivity index (χ2n) is 3.69. The predicted molar refractivity (Wildman–Crippen MR) is 61.9 cm³/mol. The molecular formula is C10H15N5O. The third-order valence-electron chi connectivity index (χ3n) is 2.13. The normalized spacial score (nSPS) is 22.5. The van der Waals surface area contributed by atoms with E-state index in [0.29, 0.717) is 18.5 Å². The van der Waals surface area contributed by atoms with Gasteiger partial charge in [0, 0.05) is 5.56 Å². The van der Waals surface area contributed by atoms with E-state index in [0.717, 1.165) is 11.3 Å². The highest BCUT2D eigenvalue weighted by molar-refractivity contribution is 5.99. The van der Waals surface area contributed by atoms with Gasteiger partial charge in [-0.3, -0.25) is 5.32 Å². The molecule has 0 spiro atoms.